The zero-order chi connectivity index (χ0) is 13.9. The zero-order valence-corrected chi connectivity index (χ0v) is 13.1. The van der Waals surface area contributed by atoms with Crippen molar-refractivity contribution in [3.63, 3.8) is 0 Å². The Balaban J connectivity index is 1.96. The average Bonchev–Trinajstić information content (AvgIpc) is 2.62. The largest absolute Gasteiger partial charge is 0.379 e. The molecule has 1 fully saturated rings. The molecule has 0 radical (unpaired) electrons. The van der Waals surface area contributed by atoms with E-state index in [1.54, 1.807) is 0 Å². The van der Waals surface area contributed by atoms with Crippen molar-refractivity contribution in [2.45, 2.75) is 51.1 Å². The summed E-state index contributed by atoms with van der Waals surface area (Å²) < 4.78 is 5.59. The van der Waals surface area contributed by atoms with Crippen LogP contribution in [0.4, 0.5) is 0 Å². The monoisotopic (exact) mass is 271 g/mol. The number of likely N-dealkylation sites (N-methyl/N-ethyl adjacent to an activating group) is 1. The van der Waals surface area contributed by atoms with E-state index in [2.05, 4.69) is 36.6 Å². The summed E-state index contributed by atoms with van der Waals surface area (Å²) in [6.07, 6.45) is 6.70. The number of nitrogens with one attached hydrogen (secondary N) is 2. The molecule has 1 aliphatic rings. The standard InChI is InChI=1S/C15H33N3O/c1-14(13-15-7-5-4-6-8-17-15)16-9-11-19-12-10-18(2)3/h14-17H,4-13H2,1-3H3. The van der Waals surface area contributed by atoms with E-state index in [9.17, 15) is 0 Å². The van der Waals surface area contributed by atoms with Crippen LogP contribution in [0.1, 0.15) is 39.0 Å². The average molecular weight is 271 g/mol. The van der Waals surface area contributed by atoms with Crippen molar-refractivity contribution >= 4 is 0 Å². The van der Waals surface area contributed by atoms with Crippen LogP contribution in [0.25, 0.3) is 0 Å². The van der Waals surface area contributed by atoms with Crippen LogP contribution >= 0.6 is 0 Å². The predicted octanol–water partition coefficient (Wildman–Crippen LogP) is 1.47. The Morgan fingerprint density at radius 2 is 2.11 bits per heavy atom. The van der Waals surface area contributed by atoms with Gasteiger partial charge in [0, 0.05) is 25.2 Å². The number of nitrogens with zero attached hydrogens (tertiary/aromatic N) is 1. The molecule has 1 rings (SSSR count). The van der Waals surface area contributed by atoms with Gasteiger partial charge in [-0.1, -0.05) is 12.8 Å². The molecule has 2 unspecified atom stereocenters. The minimum atomic E-state index is 0.577. The number of hydrogen-bond donors (Lipinski definition) is 2. The first-order valence-corrected chi connectivity index (χ1v) is 7.87. The number of hydrogen-bond acceptors (Lipinski definition) is 4. The van der Waals surface area contributed by atoms with Gasteiger partial charge in [-0.15, -0.1) is 0 Å². The molecular formula is C15H33N3O. The van der Waals surface area contributed by atoms with Crippen LogP contribution in [-0.2, 0) is 4.74 Å². The molecule has 19 heavy (non-hydrogen) atoms. The summed E-state index contributed by atoms with van der Waals surface area (Å²) in [5, 5.41) is 7.22. The Labute approximate surface area is 119 Å². The first-order chi connectivity index (χ1) is 9.18. The third-order valence-electron chi connectivity index (χ3n) is 3.72. The molecule has 0 aliphatic carbocycles. The van der Waals surface area contributed by atoms with Gasteiger partial charge in [0.2, 0.25) is 0 Å². The number of rotatable bonds is 9. The van der Waals surface area contributed by atoms with E-state index in [1.807, 2.05) is 0 Å². The van der Waals surface area contributed by atoms with Crippen LogP contribution in [-0.4, -0.2) is 63.9 Å². The molecule has 0 aromatic rings. The summed E-state index contributed by atoms with van der Waals surface area (Å²) in [6, 6.07) is 1.28. The first kappa shape index (κ1) is 16.9. The highest BCUT2D eigenvalue weighted by Crippen LogP contribution is 2.12. The van der Waals surface area contributed by atoms with Crippen LogP contribution in [0.3, 0.4) is 0 Å². The van der Waals surface area contributed by atoms with E-state index in [1.165, 1.54) is 38.6 Å². The molecule has 114 valence electrons. The van der Waals surface area contributed by atoms with Crippen molar-refractivity contribution in [2.24, 2.45) is 0 Å². The van der Waals surface area contributed by atoms with E-state index in [0.717, 1.165) is 26.3 Å². The molecule has 1 heterocycles. The van der Waals surface area contributed by atoms with Crippen LogP contribution in [0.15, 0.2) is 0 Å². The summed E-state index contributed by atoms with van der Waals surface area (Å²) in [5.41, 5.74) is 0. The lowest BCUT2D eigenvalue weighted by molar-refractivity contribution is 0.117. The zero-order valence-electron chi connectivity index (χ0n) is 13.1. The van der Waals surface area contributed by atoms with Crippen molar-refractivity contribution in [1.82, 2.24) is 15.5 Å². The van der Waals surface area contributed by atoms with Crippen LogP contribution in [0.2, 0.25) is 0 Å². The molecule has 2 atom stereocenters. The van der Waals surface area contributed by atoms with Crippen molar-refractivity contribution in [3.05, 3.63) is 0 Å². The van der Waals surface area contributed by atoms with Crippen molar-refractivity contribution in [3.8, 4) is 0 Å². The van der Waals surface area contributed by atoms with Crippen LogP contribution < -0.4 is 10.6 Å². The Hall–Kier alpha value is -0.160. The van der Waals surface area contributed by atoms with Crippen molar-refractivity contribution in [1.29, 1.82) is 0 Å². The van der Waals surface area contributed by atoms with Gasteiger partial charge in [0.1, 0.15) is 0 Å². The van der Waals surface area contributed by atoms with Gasteiger partial charge >= 0.3 is 0 Å². The predicted molar refractivity (Wildman–Crippen MR) is 81.7 cm³/mol. The quantitative estimate of drug-likeness (QED) is 0.623. The van der Waals surface area contributed by atoms with Gasteiger partial charge in [0.05, 0.1) is 13.2 Å². The Morgan fingerprint density at radius 1 is 1.26 bits per heavy atom. The van der Waals surface area contributed by atoms with Crippen LogP contribution in [0.5, 0.6) is 0 Å². The van der Waals surface area contributed by atoms with Gasteiger partial charge < -0.3 is 20.3 Å². The summed E-state index contributed by atoms with van der Waals surface area (Å²) in [5.74, 6) is 0. The lowest BCUT2D eigenvalue weighted by Gasteiger charge is -2.21. The Morgan fingerprint density at radius 3 is 2.89 bits per heavy atom. The summed E-state index contributed by atoms with van der Waals surface area (Å²) in [7, 11) is 4.15. The second kappa shape index (κ2) is 10.6. The molecule has 4 heteroatoms. The molecule has 1 saturated heterocycles. The van der Waals surface area contributed by atoms with Crippen molar-refractivity contribution in [2.75, 3.05) is 46.9 Å². The van der Waals surface area contributed by atoms with E-state index in [4.69, 9.17) is 4.74 Å². The second-order valence-electron chi connectivity index (χ2n) is 6.01. The highest BCUT2D eigenvalue weighted by atomic mass is 16.5. The molecule has 0 aromatic carbocycles. The highest BCUT2D eigenvalue weighted by Gasteiger charge is 2.14. The van der Waals surface area contributed by atoms with Gasteiger partial charge in [0.15, 0.2) is 0 Å². The number of ether oxygens (including phenoxy) is 1. The maximum Gasteiger partial charge on any atom is 0.0593 e. The first-order valence-electron chi connectivity index (χ1n) is 7.87. The second-order valence-corrected chi connectivity index (χ2v) is 6.01. The van der Waals surface area contributed by atoms with Gasteiger partial charge in [-0.05, 0) is 46.8 Å². The highest BCUT2D eigenvalue weighted by molar-refractivity contribution is 4.75. The molecule has 0 bridgehead atoms. The molecular weight excluding hydrogens is 238 g/mol. The molecule has 0 amide bonds. The lowest BCUT2D eigenvalue weighted by atomic mass is 10.0. The SMILES string of the molecule is CC(CC1CCCCCN1)NCCOCCN(C)C. The molecule has 4 nitrogen and oxygen atoms in total. The summed E-state index contributed by atoms with van der Waals surface area (Å²) in [4.78, 5) is 2.15. The minimum absolute atomic E-state index is 0.577. The molecule has 2 N–H and O–H groups in total. The summed E-state index contributed by atoms with van der Waals surface area (Å²) >= 11 is 0. The van der Waals surface area contributed by atoms with Crippen molar-refractivity contribution < 1.29 is 4.74 Å². The fourth-order valence-corrected chi connectivity index (χ4v) is 2.54. The van der Waals surface area contributed by atoms with E-state index >= 15 is 0 Å². The van der Waals surface area contributed by atoms with E-state index in [0.29, 0.717) is 12.1 Å². The maximum absolute atomic E-state index is 5.59. The maximum atomic E-state index is 5.59. The van der Waals surface area contributed by atoms with Gasteiger partial charge in [-0.3, -0.25) is 0 Å². The van der Waals surface area contributed by atoms with E-state index < -0.39 is 0 Å². The molecule has 0 aromatic heterocycles. The molecule has 0 spiro atoms. The topological polar surface area (TPSA) is 36.5 Å². The minimum Gasteiger partial charge on any atom is -0.379 e. The third-order valence-corrected chi connectivity index (χ3v) is 3.72. The normalized spacial score (nSPS) is 22.4. The smallest absolute Gasteiger partial charge is 0.0593 e. The van der Waals surface area contributed by atoms with Gasteiger partial charge in [-0.2, -0.15) is 0 Å². The molecule has 0 saturated carbocycles. The van der Waals surface area contributed by atoms with E-state index in [-0.39, 0.29) is 0 Å². The van der Waals surface area contributed by atoms with Crippen LogP contribution in [0, 0.1) is 0 Å². The van der Waals surface area contributed by atoms with Gasteiger partial charge in [-0.25, -0.2) is 0 Å². The lowest BCUT2D eigenvalue weighted by Crippen LogP contribution is -2.38. The Bertz CT molecular complexity index is 204. The fourth-order valence-electron chi connectivity index (χ4n) is 2.54. The molecule has 1 aliphatic heterocycles. The fraction of sp³-hybridized carbons (Fsp3) is 1.00. The summed E-state index contributed by atoms with van der Waals surface area (Å²) in [6.45, 7) is 7.09. The Kier molecular flexibility index (Phi) is 9.43. The third kappa shape index (κ3) is 9.38. The van der Waals surface area contributed by atoms with Gasteiger partial charge in [0.25, 0.3) is 0 Å².